The Morgan fingerprint density at radius 3 is 2.79 bits per heavy atom. The molecule has 1 aliphatic rings. The van der Waals surface area contributed by atoms with Crippen molar-refractivity contribution in [1.82, 2.24) is 10.2 Å². The van der Waals surface area contributed by atoms with Gasteiger partial charge in [-0.3, -0.25) is 4.90 Å². The second-order valence-electron chi connectivity index (χ2n) is 4.98. The van der Waals surface area contributed by atoms with Crippen LogP contribution in [0.15, 0.2) is 18.2 Å². The van der Waals surface area contributed by atoms with Crippen LogP contribution in [0.1, 0.15) is 5.56 Å². The number of aliphatic hydroxyl groups excluding tert-OH is 1. The predicted molar refractivity (Wildman–Crippen MR) is 74.9 cm³/mol. The molecule has 2 rings (SSSR count). The second kappa shape index (κ2) is 6.84. The number of hydrogen-bond donors (Lipinski definition) is 2. The van der Waals surface area contributed by atoms with E-state index in [2.05, 4.69) is 10.2 Å². The standard InChI is InChI=1S/C14H22FN3O/c1-17(8-9-19)11-12-2-3-13(15)14(10-12)18-6-4-16-5-7-18/h2-3,10,16,19H,4-9,11H2,1H3. The molecule has 0 radical (unpaired) electrons. The van der Waals surface area contributed by atoms with Crippen molar-refractivity contribution < 1.29 is 9.50 Å². The van der Waals surface area contributed by atoms with Gasteiger partial charge in [0.05, 0.1) is 12.3 Å². The lowest BCUT2D eigenvalue weighted by atomic mass is 10.1. The summed E-state index contributed by atoms with van der Waals surface area (Å²) < 4.78 is 13.9. The quantitative estimate of drug-likeness (QED) is 0.822. The molecular formula is C14H22FN3O. The Morgan fingerprint density at radius 1 is 1.37 bits per heavy atom. The molecule has 5 heteroatoms. The Labute approximate surface area is 113 Å². The van der Waals surface area contributed by atoms with Crippen molar-refractivity contribution in [1.29, 1.82) is 0 Å². The van der Waals surface area contributed by atoms with Crippen LogP contribution in [0.2, 0.25) is 0 Å². The number of halogens is 1. The Morgan fingerprint density at radius 2 is 2.11 bits per heavy atom. The van der Waals surface area contributed by atoms with E-state index in [9.17, 15) is 4.39 Å². The zero-order valence-electron chi connectivity index (χ0n) is 11.4. The van der Waals surface area contributed by atoms with Gasteiger partial charge in [-0.05, 0) is 24.7 Å². The lowest BCUT2D eigenvalue weighted by molar-refractivity contribution is 0.217. The molecule has 106 valence electrons. The van der Waals surface area contributed by atoms with Gasteiger partial charge in [-0.1, -0.05) is 6.07 Å². The molecule has 1 heterocycles. The third kappa shape index (κ3) is 3.89. The van der Waals surface area contributed by atoms with Crippen molar-refractivity contribution in [3.63, 3.8) is 0 Å². The third-order valence-electron chi connectivity index (χ3n) is 3.40. The first-order valence-electron chi connectivity index (χ1n) is 6.74. The molecular weight excluding hydrogens is 245 g/mol. The Balaban J connectivity index is 2.09. The summed E-state index contributed by atoms with van der Waals surface area (Å²) in [6.07, 6.45) is 0. The molecule has 0 aliphatic carbocycles. The molecule has 4 nitrogen and oxygen atoms in total. The van der Waals surface area contributed by atoms with Gasteiger partial charge < -0.3 is 15.3 Å². The van der Waals surface area contributed by atoms with Crippen molar-refractivity contribution in [3.8, 4) is 0 Å². The number of likely N-dealkylation sites (N-methyl/N-ethyl adjacent to an activating group) is 1. The van der Waals surface area contributed by atoms with Crippen LogP contribution in [0, 0.1) is 5.82 Å². The molecule has 1 fully saturated rings. The zero-order chi connectivity index (χ0) is 13.7. The fraction of sp³-hybridized carbons (Fsp3) is 0.571. The van der Waals surface area contributed by atoms with Crippen molar-refractivity contribution in [2.24, 2.45) is 0 Å². The summed E-state index contributed by atoms with van der Waals surface area (Å²) >= 11 is 0. The van der Waals surface area contributed by atoms with Gasteiger partial charge in [0.15, 0.2) is 0 Å². The minimum Gasteiger partial charge on any atom is -0.395 e. The molecule has 1 saturated heterocycles. The van der Waals surface area contributed by atoms with Crippen molar-refractivity contribution in [2.75, 3.05) is 51.3 Å². The number of aliphatic hydroxyl groups is 1. The van der Waals surface area contributed by atoms with Crippen LogP contribution in [0.25, 0.3) is 0 Å². The SMILES string of the molecule is CN(CCO)Cc1ccc(F)c(N2CCNCC2)c1. The molecule has 1 aromatic rings. The van der Waals surface area contributed by atoms with Gasteiger partial charge in [0.2, 0.25) is 0 Å². The van der Waals surface area contributed by atoms with Gasteiger partial charge in [0.25, 0.3) is 0 Å². The van der Waals surface area contributed by atoms with Gasteiger partial charge in [0, 0.05) is 39.3 Å². The van der Waals surface area contributed by atoms with Gasteiger partial charge in [-0.15, -0.1) is 0 Å². The van der Waals surface area contributed by atoms with E-state index in [-0.39, 0.29) is 12.4 Å². The highest BCUT2D eigenvalue weighted by Gasteiger charge is 2.15. The number of piperazine rings is 1. The molecule has 0 saturated carbocycles. The predicted octanol–water partition coefficient (Wildman–Crippen LogP) is 0.659. The number of nitrogens with zero attached hydrogens (tertiary/aromatic N) is 2. The van der Waals surface area contributed by atoms with Crippen LogP contribution in [-0.2, 0) is 6.54 Å². The molecule has 0 amide bonds. The minimum atomic E-state index is -0.157. The first-order chi connectivity index (χ1) is 9.20. The molecule has 19 heavy (non-hydrogen) atoms. The van der Waals surface area contributed by atoms with Crippen molar-refractivity contribution >= 4 is 5.69 Å². The van der Waals surface area contributed by atoms with Crippen LogP contribution >= 0.6 is 0 Å². The third-order valence-corrected chi connectivity index (χ3v) is 3.40. The number of anilines is 1. The zero-order valence-corrected chi connectivity index (χ0v) is 11.4. The summed E-state index contributed by atoms with van der Waals surface area (Å²) in [4.78, 5) is 4.11. The van der Waals surface area contributed by atoms with E-state index >= 15 is 0 Å². The van der Waals surface area contributed by atoms with E-state index in [4.69, 9.17) is 5.11 Å². The number of hydrogen-bond acceptors (Lipinski definition) is 4. The van der Waals surface area contributed by atoms with E-state index in [1.54, 1.807) is 6.07 Å². The van der Waals surface area contributed by atoms with Gasteiger partial charge >= 0.3 is 0 Å². The lowest BCUT2D eigenvalue weighted by Gasteiger charge is -2.30. The highest BCUT2D eigenvalue weighted by molar-refractivity contribution is 5.50. The van der Waals surface area contributed by atoms with Crippen LogP contribution in [0.5, 0.6) is 0 Å². The fourth-order valence-electron chi connectivity index (χ4n) is 2.37. The largest absolute Gasteiger partial charge is 0.395 e. The van der Waals surface area contributed by atoms with Gasteiger partial charge in [-0.2, -0.15) is 0 Å². The Bertz CT molecular complexity index is 408. The topological polar surface area (TPSA) is 38.7 Å². The summed E-state index contributed by atoms with van der Waals surface area (Å²) in [6.45, 7) is 4.96. The van der Waals surface area contributed by atoms with E-state index in [0.717, 1.165) is 38.3 Å². The van der Waals surface area contributed by atoms with Crippen LogP contribution in [0.4, 0.5) is 10.1 Å². The average Bonchev–Trinajstić information content (AvgIpc) is 2.42. The van der Waals surface area contributed by atoms with Crippen molar-refractivity contribution in [3.05, 3.63) is 29.6 Å². The van der Waals surface area contributed by atoms with E-state index < -0.39 is 0 Å². The maximum atomic E-state index is 13.9. The highest BCUT2D eigenvalue weighted by Crippen LogP contribution is 2.22. The first-order valence-corrected chi connectivity index (χ1v) is 6.74. The monoisotopic (exact) mass is 267 g/mol. The summed E-state index contributed by atoms with van der Waals surface area (Å²) in [5, 5.41) is 12.2. The summed E-state index contributed by atoms with van der Waals surface area (Å²) in [5.41, 5.74) is 1.77. The average molecular weight is 267 g/mol. The maximum absolute atomic E-state index is 13.9. The Kier molecular flexibility index (Phi) is 5.13. The second-order valence-corrected chi connectivity index (χ2v) is 4.98. The van der Waals surface area contributed by atoms with Crippen LogP contribution in [-0.4, -0.2) is 56.4 Å². The van der Waals surface area contributed by atoms with Crippen LogP contribution in [0.3, 0.4) is 0 Å². The van der Waals surface area contributed by atoms with E-state index in [1.165, 1.54) is 0 Å². The normalized spacial score (nSPS) is 16.1. The van der Waals surface area contributed by atoms with Crippen LogP contribution < -0.4 is 10.2 Å². The lowest BCUT2D eigenvalue weighted by Crippen LogP contribution is -2.43. The molecule has 0 unspecified atom stereocenters. The molecule has 0 spiro atoms. The number of benzene rings is 1. The minimum absolute atomic E-state index is 0.141. The number of rotatable bonds is 5. The Hall–Kier alpha value is -1.17. The first kappa shape index (κ1) is 14.2. The number of nitrogens with one attached hydrogen (secondary N) is 1. The summed E-state index contributed by atoms with van der Waals surface area (Å²) in [5.74, 6) is -0.157. The van der Waals surface area contributed by atoms with E-state index in [1.807, 2.05) is 24.1 Å². The van der Waals surface area contributed by atoms with Crippen molar-refractivity contribution in [2.45, 2.75) is 6.54 Å². The summed E-state index contributed by atoms with van der Waals surface area (Å²) in [7, 11) is 1.95. The molecule has 1 aromatic carbocycles. The smallest absolute Gasteiger partial charge is 0.146 e. The van der Waals surface area contributed by atoms with E-state index in [0.29, 0.717) is 12.2 Å². The molecule has 1 aliphatic heterocycles. The highest BCUT2D eigenvalue weighted by atomic mass is 19.1. The molecule has 0 aromatic heterocycles. The van der Waals surface area contributed by atoms with Gasteiger partial charge in [-0.25, -0.2) is 4.39 Å². The molecule has 0 atom stereocenters. The molecule has 0 bridgehead atoms. The fourth-order valence-corrected chi connectivity index (χ4v) is 2.37. The maximum Gasteiger partial charge on any atom is 0.146 e. The molecule has 2 N–H and O–H groups in total. The van der Waals surface area contributed by atoms with Gasteiger partial charge in [0.1, 0.15) is 5.82 Å². The summed E-state index contributed by atoms with van der Waals surface area (Å²) in [6, 6.07) is 5.28.